The van der Waals surface area contributed by atoms with Crippen LogP contribution in [-0.2, 0) is 6.42 Å². The van der Waals surface area contributed by atoms with Crippen molar-refractivity contribution in [3.8, 4) is 11.5 Å². The van der Waals surface area contributed by atoms with Gasteiger partial charge in [0.1, 0.15) is 16.0 Å². The molecule has 19 heavy (non-hydrogen) atoms. The van der Waals surface area contributed by atoms with E-state index in [9.17, 15) is 0 Å². The number of halogens is 1. The van der Waals surface area contributed by atoms with Crippen LogP contribution in [0.3, 0.4) is 0 Å². The second kappa shape index (κ2) is 6.62. The predicted molar refractivity (Wildman–Crippen MR) is 81.3 cm³/mol. The van der Waals surface area contributed by atoms with Gasteiger partial charge in [-0.3, -0.25) is 0 Å². The lowest BCUT2D eigenvalue weighted by molar-refractivity contribution is 0.356. The molecule has 2 rings (SSSR count). The van der Waals surface area contributed by atoms with Crippen LogP contribution in [0.2, 0.25) is 0 Å². The highest BCUT2D eigenvalue weighted by molar-refractivity contribution is 9.10. The van der Waals surface area contributed by atoms with Crippen LogP contribution in [0.1, 0.15) is 24.0 Å². The molecule has 3 nitrogen and oxygen atoms in total. The molecule has 0 aliphatic carbocycles. The molecule has 106 valence electrons. The Hall–Kier alpha value is -0.740. The first-order valence-corrected chi connectivity index (χ1v) is 7.57. The van der Waals surface area contributed by atoms with Crippen molar-refractivity contribution >= 4 is 15.9 Å². The lowest BCUT2D eigenvalue weighted by Gasteiger charge is -2.24. The fourth-order valence-corrected chi connectivity index (χ4v) is 3.72. The zero-order valence-electron chi connectivity index (χ0n) is 11.9. The molecule has 1 heterocycles. The molecular formula is C15H22BrNO2. The topological polar surface area (TPSA) is 30.5 Å². The van der Waals surface area contributed by atoms with Crippen molar-refractivity contribution in [2.45, 2.75) is 26.2 Å². The minimum atomic E-state index is 0.745. The van der Waals surface area contributed by atoms with Crippen LogP contribution in [0.25, 0.3) is 0 Å². The summed E-state index contributed by atoms with van der Waals surface area (Å²) in [7, 11) is 3.42. The van der Waals surface area contributed by atoms with Crippen LogP contribution in [-0.4, -0.2) is 27.3 Å². The van der Waals surface area contributed by atoms with Gasteiger partial charge in [-0.05, 0) is 78.3 Å². The lowest BCUT2D eigenvalue weighted by Crippen LogP contribution is -2.28. The molecule has 0 spiro atoms. The Labute approximate surface area is 123 Å². The number of hydrogen-bond acceptors (Lipinski definition) is 3. The monoisotopic (exact) mass is 327 g/mol. The smallest absolute Gasteiger partial charge is 0.140 e. The van der Waals surface area contributed by atoms with Crippen molar-refractivity contribution < 1.29 is 9.47 Å². The summed E-state index contributed by atoms with van der Waals surface area (Å²) in [5, 5.41) is 3.41. The Kier molecular flexibility index (Phi) is 5.11. The van der Waals surface area contributed by atoms with E-state index in [-0.39, 0.29) is 0 Å². The van der Waals surface area contributed by atoms with Crippen LogP contribution in [0.5, 0.6) is 11.5 Å². The largest absolute Gasteiger partial charge is 0.495 e. The highest BCUT2D eigenvalue weighted by Crippen LogP contribution is 2.41. The fraction of sp³-hybridized carbons (Fsp3) is 0.600. The van der Waals surface area contributed by atoms with Gasteiger partial charge in [-0.15, -0.1) is 0 Å². The van der Waals surface area contributed by atoms with E-state index in [2.05, 4.69) is 34.2 Å². The number of aryl methyl sites for hydroxylation is 1. The summed E-state index contributed by atoms with van der Waals surface area (Å²) in [4.78, 5) is 0. The molecule has 0 radical (unpaired) electrons. The van der Waals surface area contributed by atoms with Gasteiger partial charge in [0, 0.05) is 0 Å². The van der Waals surface area contributed by atoms with E-state index in [0.717, 1.165) is 47.0 Å². The number of benzene rings is 1. The molecule has 1 N–H and O–H groups in total. The second-order valence-electron chi connectivity index (χ2n) is 5.13. The van der Waals surface area contributed by atoms with Gasteiger partial charge in [-0.25, -0.2) is 0 Å². The number of hydrogen-bond donors (Lipinski definition) is 1. The van der Waals surface area contributed by atoms with Crippen molar-refractivity contribution in [2.24, 2.45) is 5.92 Å². The molecule has 1 aliphatic rings. The zero-order valence-corrected chi connectivity index (χ0v) is 13.5. The Bertz CT molecular complexity index is 442. The average molecular weight is 328 g/mol. The maximum absolute atomic E-state index is 5.57. The second-order valence-corrected chi connectivity index (χ2v) is 5.92. The molecule has 1 aromatic rings. The number of nitrogens with one attached hydrogen (secondary N) is 1. The highest BCUT2D eigenvalue weighted by atomic mass is 79.9. The Morgan fingerprint density at radius 2 is 1.84 bits per heavy atom. The van der Waals surface area contributed by atoms with E-state index in [1.165, 1.54) is 18.4 Å². The molecule has 0 amide bonds. The minimum Gasteiger partial charge on any atom is -0.495 e. The number of ether oxygens (including phenoxy) is 2. The minimum absolute atomic E-state index is 0.745. The molecule has 1 fully saturated rings. The van der Waals surface area contributed by atoms with Gasteiger partial charge in [0.25, 0.3) is 0 Å². The third kappa shape index (κ3) is 3.23. The normalized spacial score (nSPS) is 16.4. The van der Waals surface area contributed by atoms with Gasteiger partial charge in [0.15, 0.2) is 0 Å². The quantitative estimate of drug-likeness (QED) is 0.920. The Morgan fingerprint density at radius 3 is 2.42 bits per heavy atom. The number of rotatable bonds is 4. The van der Waals surface area contributed by atoms with Gasteiger partial charge in [0.05, 0.1) is 14.2 Å². The SMILES string of the molecule is COc1c(C)cc(CC2CCNCC2)c(OC)c1Br. The van der Waals surface area contributed by atoms with Crippen LogP contribution in [0.4, 0.5) is 0 Å². The van der Waals surface area contributed by atoms with Crippen molar-refractivity contribution in [3.05, 3.63) is 21.7 Å². The third-order valence-corrected chi connectivity index (χ3v) is 4.54. The maximum Gasteiger partial charge on any atom is 0.140 e. The first-order chi connectivity index (χ1) is 9.17. The molecule has 0 unspecified atom stereocenters. The molecule has 0 saturated carbocycles. The molecule has 0 aromatic heterocycles. The van der Waals surface area contributed by atoms with E-state index in [1.54, 1.807) is 14.2 Å². The highest BCUT2D eigenvalue weighted by Gasteiger charge is 2.20. The third-order valence-electron chi connectivity index (χ3n) is 3.81. The van der Waals surface area contributed by atoms with Crippen molar-refractivity contribution in [2.75, 3.05) is 27.3 Å². The van der Waals surface area contributed by atoms with Gasteiger partial charge in [-0.1, -0.05) is 0 Å². The lowest BCUT2D eigenvalue weighted by atomic mass is 9.90. The van der Waals surface area contributed by atoms with Gasteiger partial charge < -0.3 is 14.8 Å². The molecule has 1 aromatic carbocycles. The van der Waals surface area contributed by atoms with Crippen molar-refractivity contribution in [1.29, 1.82) is 0 Å². The number of piperidine rings is 1. The van der Waals surface area contributed by atoms with E-state index >= 15 is 0 Å². The van der Waals surface area contributed by atoms with Crippen molar-refractivity contribution in [1.82, 2.24) is 5.32 Å². The van der Waals surface area contributed by atoms with Gasteiger partial charge in [-0.2, -0.15) is 0 Å². The van der Waals surface area contributed by atoms with E-state index in [1.807, 2.05) is 0 Å². The fourth-order valence-electron chi connectivity index (χ4n) is 2.83. The summed E-state index contributed by atoms with van der Waals surface area (Å²) in [5.74, 6) is 2.53. The predicted octanol–water partition coefficient (Wildman–Crippen LogP) is 3.32. The Morgan fingerprint density at radius 1 is 1.21 bits per heavy atom. The van der Waals surface area contributed by atoms with Crippen LogP contribution in [0, 0.1) is 12.8 Å². The van der Waals surface area contributed by atoms with E-state index < -0.39 is 0 Å². The maximum atomic E-state index is 5.57. The summed E-state index contributed by atoms with van der Waals surface area (Å²) >= 11 is 3.61. The summed E-state index contributed by atoms with van der Waals surface area (Å²) in [5.41, 5.74) is 2.43. The average Bonchev–Trinajstić information content (AvgIpc) is 2.40. The first-order valence-electron chi connectivity index (χ1n) is 6.78. The van der Waals surface area contributed by atoms with Crippen LogP contribution >= 0.6 is 15.9 Å². The van der Waals surface area contributed by atoms with E-state index in [0.29, 0.717) is 0 Å². The van der Waals surface area contributed by atoms with Gasteiger partial charge >= 0.3 is 0 Å². The molecule has 0 bridgehead atoms. The van der Waals surface area contributed by atoms with Crippen LogP contribution in [0.15, 0.2) is 10.5 Å². The summed E-state index contributed by atoms with van der Waals surface area (Å²) in [6, 6.07) is 2.20. The summed E-state index contributed by atoms with van der Waals surface area (Å²) < 4.78 is 11.9. The number of methoxy groups -OCH3 is 2. The molecule has 1 aliphatic heterocycles. The van der Waals surface area contributed by atoms with Crippen molar-refractivity contribution in [3.63, 3.8) is 0 Å². The first kappa shape index (κ1) is 14.7. The molecule has 4 heteroatoms. The van der Waals surface area contributed by atoms with E-state index in [4.69, 9.17) is 9.47 Å². The molecular weight excluding hydrogens is 306 g/mol. The Balaban J connectivity index is 2.28. The summed E-state index contributed by atoms with van der Waals surface area (Å²) in [6.45, 7) is 4.33. The van der Waals surface area contributed by atoms with Gasteiger partial charge in [0.2, 0.25) is 0 Å². The molecule has 0 atom stereocenters. The summed E-state index contributed by atoms with van der Waals surface area (Å²) in [6.07, 6.45) is 3.56. The zero-order chi connectivity index (χ0) is 13.8. The standard InChI is InChI=1S/C15H22BrNO2/c1-10-8-12(9-11-4-6-17-7-5-11)15(19-3)13(16)14(10)18-2/h8,11,17H,4-7,9H2,1-3H3. The van der Waals surface area contributed by atoms with Crippen LogP contribution < -0.4 is 14.8 Å². The molecule has 1 saturated heterocycles.